The Balaban J connectivity index is 2.23. The Morgan fingerprint density at radius 1 is 1.24 bits per heavy atom. The fraction of sp³-hybridized carbons (Fsp3) is 0.842. The van der Waals surface area contributed by atoms with Gasteiger partial charge in [-0.1, -0.05) is 39.0 Å². The Hall–Kier alpha value is -1.61. The lowest BCUT2D eigenvalue weighted by Crippen LogP contribution is -2.41. The third-order valence-electron chi connectivity index (χ3n) is 4.47. The quantitative estimate of drug-likeness (QED) is 0.153. The molecule has 1 amide bonds. The highest BCUT2D eigenvalue weighted by Crippen LogP contribution is 2.24. The van der Waals surface area contributed by atoms with Gasteiger partial charge in [-0.25, -0.2) is 5.06 Å². The van der Waals surface area contributed by atoms with E-state index in [1.807, 2.05) is 6.19 Å². The van der Waals surface area contributed by atoms with E-state index in [-0.39, 0.29) is 11.9 Å². The van der Waals surface area contributed by atoms with Crippen LogP contribution in [0.1, 0.15) is 84.5 Å². The average molecular weight is 351 g/mol. The Kier molecular flexibility index (Phi) is 11.7. The topological polar surface area (TPSA) is 77.7 Å². The van der Waals surface area contributed by atoms with E-state index in [1.54, 1.807) is 12.0 Å². The molecule has 0 aromatic rings. The van der Waals surface area contributed by atoms with Gasteiger partial charge in [-0.15, -0.1) is 0 Å². The number of nitrogens with zero attached hydrogens (tertiary/aromatic N) is 3. The molecule has 6 nitrogen and oxygen atoms in total. The Labute approximate surface area is 152 Å². The molecule has 1 aliphatic carbocycles. The second-order valence-electron chi connectivity index (χ2n) is 6.71. The van der Waals surface area contributed by atoms with Crippen molar-refractivity contribution in [2.75, 3.05) is 13.2 Å². The molecule has 0 aromatic heterocycles. The molecule has 1 aliphatic rings. The fourth-order valence-electron chi connectivity index (χ4n) is 3.11. The van der Waals surface area contributed by atoms with Gasteiger partial charge in [-0.2, -0.15) is 5.26 Å². The molecule has 6 heteroatoms. The van der Waals surface area contributed by atoms with Crippen molar-refractivity contribution < 1.29 is 9.63 Å². The van der Waals surface area contributed by atoms with Crippen molar-refractivity contribution >= 4 is 11.7 Å². The average Bonchev–Trinajstić information content (AvgIpc) is 2.62. The predicted octanol–water partition coefficient (Wildman–Crippen LogP) is 3.93. The van der Waals surface area contributed by atoms with Gasteiger partial charge in [-0.3, -0.25) is 19.9 Å². The van der Waals surface area contributed by atoms with Gasteiger partial charge >= 0.3 is 0 Å². The van der Waals surface area contributed by atoms with Gasteiger partial charge in [0.25, 0.3) is 0 Å². The van der Waals surface area contributed by atoms with Crippen LogP contribution in [0.3, 0.4) is 0 Å². The third-order valence-corrected chi connectivity index (χ3v) is 4.47. The highest BCUT2D eigenvalue weighted by atomic mass is 16.7. The van der Waals surface area contributed by atoms with Crippen molar-refractivity contribution in [3.8, 4) is 6.19 Å². The zero-order valence-corrected chi connectivity index (χ0v) is 15.9. The molecule has 0 atom stereocenters. The first-order valence-electron chi connectivity index (χ1n) is 9.80. The van der Waals surface area contributed by atoms with Gasteiger partial charge < -0.3 is 0 Å². The zero-order valence-electron chi connectivity index (χ0n) is 15.9. The zero-order chi connectivity index (χ0) is 18.3. The van der Waals surface area contributed by atoms with Crippen molar-refractivity contribution in [3.05, 3.63) is 0 Å². The summed E-state index contributed by atoms with van der Waals surface area (Å²) in [6, 6.07) is 0.276. The number of aliphatic imine (C=N–C) groups is 1. The lowest BCUT2D eigenvalue weighted by Gasteiger charge is -2.33. The molecule has 142 valence electrons. The molecular weight excluding hydrogens is 316 g/mol. The van der Waals surface area contributed by atoms with E-state index >= 15 is 0 Å². The number of carbonyl (C=O) groups is 1. The minimum atomic E-state index is 0.146. The number of amidine groups is 1. The lowest BCUT2D eigenvalue weighted by molar-refractivity contribution is -0.204. The first-order chi connectivity index (χ1) is 12.2. The fourth-order valence-corrected chi connectivity index (χ4v) is 3.11. The maximum absolute atomic E-state index is 12.5. The summed E-state index contributed by atoms with van der Waals surface area (Å²) in [6.45, 7) is 5.20. The number of carbonyl (C=O) groups excluding carboxylic acids is 1. The second kappa shape index (κ2) is 13.7. The number of hydrogen-bond acceptors (Lipinski definition) is 4. The molecule has 0 radical (unpaired) electrons. The molecule has 1 fully saturated rings. The van der Waals surface area contributed by atoms with E-state index in [0.717, 1.165) is 51.5 Å². The molecule has 25 heavy (non-hydrogen) atoms. The summed E-state index contributed by atoms with van der Waals surface area (Å²) >= 11 is 0. The van der Waals surface area contributed by atoms with Crippen LogP contribution >= 0.6 is 0 Å². The summed E-state index contributed by atoms with van der Waals surface area (Å²) in [6.07, 6.45) is 13.1. The van der Waals surface area contributed by atoms with Crippen LogP contribution in [0.5, 0.6) is 0 Å². The van der Waals surface area contributed by atoms with Crippen molar-refractivity contribution in [2.45, 2.75) is 90.5 Å². The van der Waals surface area contributed by atoms with Gasteiger partial charge in [0, 0.05) is 13.0 Å². The van der Waals surface area contributed by atoms with Gasteiger partial charge in [0.05, 0.1) is 12.6 Å². The summed E-state index contributed by atoms with van der Waals surface area (Å²) in [5, 5.41) is 12.7. The highest BCUT2D eigenvalue weighted by molar-refractivity contribution is 5.80. The number of rotatable bonds is 11. The molecule has 0 aromatic carbocycles. The number of unbranched alkanes of at least 4 members (excludes halogenated alkanes) is 3. The highest BCUT2D eigenvalue weighted by Gasteiger charge is 2.25. The van der Waals surface area contributed by atoms with Crippen molar-refractivity contribution in [1.82, 2.24) is 10.4 Å². The largest absolute Gasteiger partial charge is 0.281 e. The van der Waals surface area contributed by atoms with E-state index in [4.69, 9.17) is 10.1 Å². The summed E-state index contributed by atoms with van der Waals surface area (Å²) in [7, 11) is 0. The van der Waals surface area contributed by atoms with Crippen molar-refractivity contribution in [2.24, 2.45) is 4.99 Å². The molecule has 1 rings (SSSR count). The molecule has 0 unspecified atom stereocenters. The maximum atomic E-state index is 12.5. The molecular formula is C19H34N4O2. The predicted molar refractivity (Wildman–Crippen MR) is 99.8 cm³/mol. The molecule has 0 spiro atoms. The van der Waals surface area contributed by atoms with Crippen LogP contribution in [0.2, 0.25) is 0 Å². The van der Waals surface area contributed by atoms with E-state index in [9.17, 15) is 4.79 Å². The monoisotopic (exact) mass is 350 g/mol. The minimum Gasteiger partial charge on any atom is -0.281 e. The molecule has 0 aliphatic heterocycles. The summed E-state index contributed by atoms with van der Waals surface area (Å²) in [5.41, 5.74) is 0. The number of hydroxylamine groups is 2. The summed E-state index contributed by atoms with van der Waals surface area (Å²) in [5.74, 6) is 0.807. The van der Waals surface area contributed by atoms with Gasteiger partial charge in [0.2, 0.25) is 5.91 Å². The number of nitriles is 1. The number of hydrogen-bond donors (Lipinski definition) is 1. The van der Waals surface area contributed by atoms with Crippen LogP contribution in [0.15, 0.2) is 4.99 Å². The Morgan fingerprint density at radius 3 is 2.64 bits per heavy atom. The Bertz CT molecular complexity index is 439. The molecule has 0 heterocycles. The van der Waals surface area contributed by atoms with Crippen molar-refractivity contribution in [1.29, 1.82) is 5.26 Å². The molecule has 0 bridgehead atoms. The SMILES string of the molecule is CCCON(C(=O)CCCCCCN=C(C)NC#N)C1CCCCC1. The smallest absolute Gasteiger partial charge is 0.246 e. The maximum Gasteiger partial charge on any atom is 0.246 e. The van der Waals surface area contributed by atoms with E-state index in [0.29, 0.717) is 18.9 Å². The second-order valence-corrected chi connectivity index (χ2v) is 6.71. The van der Waals surface area contributed by atoms with Crippen LogP contribution in [0.4, 0.5) is 0 Å². The normalized spacial score (nSPS) is 15.6. The summed E-state index contributed by atoms with van der Waals surface area (Å²) in [4.78, 5) is 22.6. The van der Waals surface area contributed by atoms with Crippen LogP contribution in [0, 0.1) is 11.5 Å². The third kappa shape index (κ3) is 9.45. The number of nitrogens with one attached hydrogen (secondary N) is 1. The first kappa shape index (κ1) is 21.4. The molecule has 0 saturated heterocycles. The Morgan fingerprint density at radius 2 is 1.96 bits per heavy atom. The van der Waals surface area contributed by atoms with Gasteiger partial charge in [-0.05, 0) is 39.0 Å². The van der Waals surface area contributed by atoms with Gasteiger partial charge in [0.1, 0.15) is 5.84 Å². The molecule has 1 saturated carbocycles. The lowest BCUT2D eigenvalue weighted by atomic mass is 9.95. The summed E-state index contributed by atoms with van der Waals surface area (Å²) < 4.78 is 0. The van der Waals surface area contributed by atoms with Crippen LogP contribution in [-0.2, 0) is 9.63 Å². The number of amides is 1. The van der Waals surface area contributed by atoms with E-state index in [2.05, 4.69) is 17.2 Å². The van der Waals surface area contributed by atoms with E-state index in [1.165, 1.54) is 19.3 Å². The van der Waals surface area contributed by atoms with Crippen LogP contribution in [-0.4, -0.2) is 36.0 Å². The van der Waals surface area contributed by atoms with Crippen LogP contribution < -0.4 is 5.32 Å². The van der Waals surface area contributed by atoms with Crippen LogP contribution in [0.25, 0.3) is 0 Å². The van der Waals surface area contributed by atoms with Crippen molar-refractivity contribution in [3.63, 3.8) is 0 Å². The minimum absolute atomic E-state index is 0.146. The standard InChI is InChI=1S/C19H34N4O2/c1-3-15-25-23(18-11-7-6-8-12-18)19(24)13-9-4-5-10-14-21-17(2)22-16-20/h18H,3-15H2,1-2H3,(H,21,22). The van der Waals surface area contributed by atoms with Gasteiger partial charge in [0.15, 0.2) is 6.19 Å². The van der Waals surface area contributed by atoms with E-state index < -0.39 is 0 Å². The molecule has 1 N–H and O–H groups in total. The first-order valence-corrected chi connectivity index (χ1v) is 9.80.